The van der Waals surface area contributed by atoms with Gasteiger partial charge in [0.05, 0.1) is 0 Å². The first-order valence-corrected chi connectivity index (χ1v) is 7.56. The van der Waals surface area contributed by atoms with Crippen LogP contribution in [-0.2, 0) is 0 Å². The maximum atomic E-state index is 4.37. The van der Waals surface area contributed by atoms with Crippen LogP contribution in [0.25, 0.3) is 0 Å². The molecular weight excluding hydrogens is 222 g/mol. The van der Waals surface area contributed by atoms with E-state index in [9.17, 15) is 0 Å². The fourth-order valence-corrected chi connectivity index (χ4v) is 2.25. The van der Waals surface area contributed by atoms with E-state index in [1.54, 1.807) is 0 Å². The molecule has 1 aliphatic heterocycles. The second-order valence-corrected chi connectivity index (χ2v) is 5.39. The van der Waals surface area contributed by atoms with Crippen LogP contribution < -0.4 is 5.32 Å². The van der Waals surface area contributed by atoms with Crippen molar-refractivity contribution in [3.8, 4) is 0 Å². The van der Waals surface area contributed by atoms with Crippen molar-refractivity contribution in [1.82, 2.24) is 5.32 Å². The normalized spacial score (nSPS) is 16.6. The van der Waals surface area contributed by atoms with Gasteiger partial charge in [-0.3, -0.25) is 9.98 Å². The Kier molecular flexibility index (Phi) is 7.90. The van der Waals surface area contributed by atoms with Crippen LogP contribution in [0.3, 0.4) is 0 Å². The molecule has 0 aliphatic carbocycles. The molecule has 1 heterocycles. The van der Waals surface area contributed by atoms with Crippen molar-refractivity contribution < 1.29 is 0 Å². The first-order chi connectivity index (χ1) is 8.77. The Morgan fingerprint density at radius 2 is 1.50 bits per heavy atom. The standard InChI is InChI=1S/C15H29N3/c1-3-4-5-6-7-8-11-16-12-9-10-15(2)17-13-14-18-15/h13-14,16H,3-12H2,1-2H3. The van der Waals surface area contributed by atoms with Gasteiger partial charge in [0, 0.05) is 12.4 Å². The smallest absolute Gasteiger partial charge is 0.147 e. The first kappa shape index (κ1) is 15.4. The van der Waals surface area contributed by atoms with E-state index in [1.807, 2.05) is 12.4 Å². The van der Waals surface area contributed by atoms with Crippen LogP contribution in [0.1, 0.15) is 65.2 Å². The molecular formula is C15H29N3. The predicted molar refractivity (Wildman–Crippen MR) is 80.9 cm³/mol. The SMILES string of the molecule is CCCCCCCCNCCCC1(C)N=CC=N1. The van der Waals surface area contributed by atoms with Gasteiger partial charge in [0.2, 0.25) is 0 Å². The van der Waals surface area contributed by atoms with Crippen LogP contribution >= 0.6 is 0 Å². The Labute approximate surface area is 112 Å². The highest BCUT2D eigenvalue weighted by atomic mass is 15.1. The lowest BCUT2D eigenvalue weighted by atomic mass is 10.1. The lowest BCUT2D eigenvalue weighted by Gasteiger charge is -2.16. The van der Waals surface area contributed by atoms with Gasteiger partial charge in [0.1, 0.15) is 5.66 Å². The Bertz CT molecular complexity index is 246. The van der Waals surface area contributed by atoms with Gasteiger partial charge >= 0.3 is 0 Å². The molecule has 0 aromatic rings. The summed E-state index contributed by atoms with van der Waals surface area (Å²) in [4.78, 5) is 8.74. The van der Waals surface area contributed by atoms with Crippen LogP contribution in [0, 0.1) is 0 Å². The third kappa shape index (κ3) is 6.90. The van der Waals surface area contributed by atoms with Crippen LogP contribution in [0.4, 0.5) is 0 Å². The van der Waals surface area contributed by atoms with Crippen LogP contribution in [-0.4, -0.2) is 31.2 Å². The molecule has 0 saturated carbocycles. The Morgan fingerprint density at radius 3 is 2.22 bits per heavy atom. The lowest BCUT2D eigenvalue weighted by molar-refractivity contribution is 0.440. The van der Waals surface area contributed by atoms with Gasteiger partial charge in [-0.15, -0.1) is 0 Å². The minimum atomic E-state index is -0.165. The van der Waals surface area contributed by atoms with E-state index in [-0.39, 0.29) is 5.66 Å². The fourth-order valence-electron chi connectivity index (χ4n) is 2.25. The third-order valence-electron chi connectivity index (χ3n) is 3.48. The zero-order chi connectivity index (χ0) is 13.1. The number of nitrogens with zero attached hydrogens (tertiary/aromatic N) is 2. The topological polar surface area (TPSA) is 36.8 Å². The van der Waals surface area contributed by atoms with Gasteiger partial charge in [0.15, 0.2) is 0 Å². The number of aliphatic imine (C=N–C) groups is 2. The molecule has 0 fully saturated rings. The molecule has 0 aromatic heterocycles. The predicted octanol–water partition coefficient (Wildman–Crippen LogP) is 3.59. The minimum Gasteiger partial charge on any atom is -0.317 e. The third-order valence-corrected chi connectivity index (χ3v) is 3.48. The number of hydrogen-bond donors (Lipinski definition) is 1. The highest BCUT2D eigenvalue weighted by Crippen LogP contribution is 2.20. The van der Waals surface area contributed by atoms with Gasteiger partial charge in [-0.25, -0.2) is 0 Å². The molecule has 3 heteroatoms. The maximum Gasteiger partial charge on any atom is 0.147 e. The van der Waals surface area contributed by atoms with E-state index in [4.69, 9.17) is 0 Å². The molecule has 0 radical (unpaired) electrons. The molecule has 0 aromatic carbocycles. The van der Waals surface area contributed by atoms with E-state index in [1.165, 1.54) is 38.5 Å². The molecule has 0 spiro atoms. The second kappa shape index (κ2) is 9.26. The quantitative estimate of drug-likeness (QED) is 0.560. The summed E-state index contributed by atoms with van der Waals surface area (Å²) >= 11 is 0. The number of hydrogen-bond acceptors (Lipinski definition) is 3. The van der Waals surface area contributed by atoms with Crippen LogP contribution in [0.5, 0.6) is 0 Å². The fraction of sp³-hybridized carbons (Fsp3) is 0.867. The summed E-state index contributed by atoms with van der Waals surface area (Å²) < 4.78 is 0. The molecule has 104 valence electrons. The van der Waals surface area contributed by atoms with E-state index >= 15 is 0 Å². The summed E-state index contributed by atoms with van der Waals surface area (Å²) in [5.41, 5.74) is -0.165. The monoisotopic (exact) mass is 251 g/mol. The van der Waals surface area contributed by atoms with E-state index in [0.717, 1.165) is 25.9 Å². The number of nitrogens with one attached hydrogen (secondary N) is 1. The molecule has 0 amide bonds. The maximum absolute atomic E-state index is 4.37. The largest absolute Gasteiger partial charge is 0.317 e. The van der Waals surface area contributed by atoms with Crippen LogP contribution in [0.15, 0.2) is 9.98 Å². The zero-order valence-corrected chi connectivity index (χ0v) is 12.1. The average Bonchev–Trinajstić information content (AvgIpc) is 2.79. The summed E-state index contributed by atoms with van der Waals surface area (Å²) in [5.74, 6) is 0. The van der Waals surface area contributed by atoms with Gasteiger partial charge in [-0.05, 0) is 39.3 Å². The molecule has 0 bridgehead atoms. The van der Waals surface area contributed by atoms with Crippen molar-refractivity contribution in [2.45, 2.75) is 70.9 Å². The molecule has 1 rings (SSSR count). The molecule has 0 atom stereocenters. The summed E-state index contributed by atoms with van der Waals surface area (Å²) in [6.45, 7) is 6.62. The van der Waals surface area contributed by atoms with Crippen molar-refractivity contribution in [2.24, 2.45) is 9.98 Å². The zero-order valence-electron chi connectivity index (χ0n) is 12.1. The van der Waals surface area contributed by atoms with Crippen LogP contribution in [0.2, 0.25) is 0 Å². The van der Waals surface area contributed by atoms with Crippen molar-refractivity contribution in [3.63, 3.8) is 0 Å². The van der Waals surface area contributed by atoms with E-state index in [2.05, 4.69) is 29.1 Å². The molecule has 0 unspecified atom stereocenters. The first-order valence-electron chi connectivity index (χ1n) is 7.56. The van der Waals surface area contributed by atoms with Crippen molar-refractivity contribution in [1.29, 1.82) is 0 Å². The molecule has 1 aliphatic rings. The molecule has 18 heavy (non-hydrogen) atoms. The highest BCUT2D eigenvalue weighted by Gasteiger charge is 2.21. The van der Waals surface area contributed by atoms with Gasteiger partial charge < -0.3 is 5.32 Å². The minimum absolute atomic E-state index is 0.165. The second-order valence-electron chi connectivity index (χ2n) is 5.39. The average molecular weight is 251 g/mol. The number of rotatable bonds is 11. The van der Waals surface area contributed by atoms with E-state index in [0.29, 0.717) is 0 Å². The Morgan fingerprint density at radius 1 is 0.889 bits per heavy atom. The lowest BCUT2D eigenvalue weighted by Crippen LogP contribution is -2.21. The summed E-state index contributed by atoms with van der Waals surface area (Å²) in [5, 5.41) is 3.51. The molecule has 1 N–H and O–H groups in total. The van der Waals surface area contributed by atoms with E-state index < -0.39 is 0 Å². The summed E-state index contributed by atoms with van der Waals surface area (Å²) in [6.07, 6.45) is 14.0. The summed E-state index contributed by atoms with van der Waals surface area (Å²) in [7, 11) is 0. The van der Waals surface area contributed by atoms with Gasteiger partial charge in [0.25, 0.3) is 0 Å². The molecule has 0 saturated heterocycles. The van der Waals surface area contributed by atoms with Crippen molar-refractivity contribution in [2.75, 3.05) is 13.1 Å². The summed E-state index contributed by atoms with van der Waals surface area (Å²) in [6, 6.07) is 0. The Hall–Kier alpha value is -0.700. The Balaban J connectivity index is 1.82. The van der Waals surface area contributed by atoms with Crippen molar-refractivity contribution >= 4 is 12.4 Å². The van der Waals surface area contributed by atoms with Gasteiger partial charge in [-0.2, -0.15) is 0 Å². The molecule has 3 nitrogen and oxygen atoms in total. The highest BCUT2D eigenvalue weighted by molar-refractivity contribution is 6.17. The van der Waals surface area contributed by atoms with Gasteiger partial charge in [-0.1, -0.05) is 39.0 Å². The van der Waals surface area contributed by atoms with Crippen molar-refractivity contribution in [3.05, 3.63) is 0 Å². The number of unbranched alkanes of at least 4 members (excludes halogenated alkanes) is 5.